The molecule has 0 aliphatic carbocycles. The average molecular weight is 352 g/mol. The summed E-state index contributed by atoms with van der Waals surface area (Å²) >= 11 is 6.37. The van der Waals surface area contributed by atoms with Gasteiger partial charge in [-0.25, -0.2) is 9.97 Å². The molecule has 0 aliphatic rings. The van der Waals surface area contributed by atoms with Gasteiger partial charge in [0.15, 0.2) is 5.01 Å². The SMILES string of the molecule is C[C@@H](CCO)Nc1cc(Cl)ncc1-c1csc(C(F)(F)F)n1. The maximum atomic E-state index is 12.7. The molecule has 2 heterocycles. The molecule has 2 N–H and O–H groups in total. The van der Waals surface area contributed by atoms with Crippen molar-refractivity contribution in [2.24, 2.45) is 0 Å². The second kappa shape index (κ2) is 6.80. The molecule has 0 amide bonds. The molecule has 0 bridgehead atoms. The molecule has 0 saturated carbocycles. The lowest BCUT2D eigenvalue weighted by Crippen LogP contribution is -2.17. The number of aliphatic hydroxyl groups excluding tert-OH is 1. The highest BCUT2D eigenvalue weighted by molar-refractivity contribution is 7.10. The van der Waals surface area contributed by atoms with E-state index in [1.54, 1.807) is 0 Å². The Morgan fingerprint density at radius 3 is 2.77 bits per heavy atom. The van der Waals surface area contributed by atoms with Gasteiger partial charge in [0.25, 0.3) is 0 Å². The highest BCUT2D eigenvalue weighted by atomic mass is 35.5. The molecule has 120 valence electrons. The maximum Gasteiger partial charge on any atom is 0.443 e. The van der Waals surface area contributed by atoms with Gasteiger partial charge in [-0.15, -0.1) is 11.3 Å². The maximum absolute atomic E-state index is 12.7. The van der Waals surface area contributed by atoms with Gasteiger partial charge in [0, 0.05) is 35.5 Å². The number of aromatic nitrogens is 2. The van der Waals surface area contributed by atoms with E-state index in [0.29, 0.717) is 29.0 Å². The zero-order valence-corrected chi connectivity index (χ0v) is 13.1. The number of halogens is 4. The van der Waals surface area contributed by atoms with E-state index >= 15 is 0 Å². The Bertz CT molecular complexity index is 648. The van der Waals surface area contributed by atoms with Crippen LogP contribution in [0.3, 0.4) is 0 Å². The summed E-state index contributed by atoms with van der Waals surface area (Å²) < 4.78 is 38.0. The Kier molecular flexibility index (Phi) is 5.25. The Labute approximate surface area is 134 Å². The zero-order valence-electron chi connectivity index (χ0n) is 11.5. The van der Waals surface area contributed by atoms with E-state index in [9.17, 15) is 13.2 Å². The van der Waals surface area contributed by atoms with Gasteiger partial charge >= 0.3 is 6.18 Å². The number of anilines is 1. The molecule has 0 spiro atoms. The largest absolute Gasteiger partial charge is 0.443 e. The number of nitrogens with one attached hydrogen (secondary N) is 1. The molecule has 2 aromatic rings. The van der Waals surface area contributed by atoms with Crippen molar-refractivity contribution in [2.45, 2.75) is 25.6 Å². The van der Waals surface area contributed by atoms with Crippen LogP contribution in [0.1, 0.15) is 18.4 Å². The molecule has 0 unspecified atom stereocenters. The van der Waals surface area contributed by atoms with Crippen LogP contribution in [0.2, 0.25) is 5.15 Å². The molecule has 9 heteroatoms. The van der Waals surface area contributed by atoms with Crippen LogP contribution in [-0.4, -0.2) is 27.7 Å². The van der Waals surface area contributed by atoms with Crippen molar-refractivity contribution in [3.63, 3.8) is 0 Å². The minimum Gasteiger partial charge on any atom is -0.396 e. The van der Waals surface area contributed by atoms with E-state index in [2.05, 4.69) is 15.3 Å². The molecule has 0 fully saturated rings. The molecule has 22 heavy (non-hydrogen) atoms. The first kappa shape index (κ1) is 17.0. The van der Waals surface area contributed by atoms with E-state index in [1.165, 1.54) is 17.6 Å². The predicted molar refractivity (Wildman–Crippen MR) is 80.1 cm³/mol. The van der Waals surface area contributed by atoms with Gasteiger partial charge in [0.1, 0.15) is 5.15 Å². The van der Waals surface area contributed by atoms with E-state index in [4.69, 9.17) is 16.7 Å². The number of rotatable bonds is 5. The Morgan fingerprint density at radius 1 is 1.45 bits per heavy atom. The number of pyridine rings is 1. The Hall–Kier alpha value is -1.38. The summed E-state index contributed by atoms with van der Waals surface area (Å²) in [6, 6.07) is 1.44. The second-order valence-electron chi connectivity index (χ2n) is 4.65. The van der Waals surface area contributed by atoms with E-state index in [-0.39, 0.29) is 23.5 Å². The van der Waals surface area contributed by atoms with Crippen LogP contribution in [0.25, 0.3) is 11.3 Å². The Balaban J connectivity index is 2.36. The van der Waals surface area contributed by atoms with Crippen LogP contribution in [0, 0.1) is 0 Å². The zero-order chi connectivity index (χ0) is 16.3. The monoisotopic (exact) mass is 351 g/mol. The first-order chi connectivity index (χ1) is 10.3. The molecule has 2 aromatic heterocycles. The topological polar surface area (TPSA) is 58.0 Å². The van der Waals surface area contributed by atoms with Gasteiger partial charge in [0.05, 0.1) is 5.69 Å². The summed E-state index contributed by atoms with van der Waals surface area (Å²) in [5, 5.41) is 12.7. The van der Waals surface area contributed by atoms with E-state index in [1.807, 2.05) is 6.92 Å². The fourth-order valence-corrected chi connectivity index (χ4v) is 2.66. The van der Waals surface area contributed by atoms with Gasteiger partial charge in [0.2, 0.25) is 0 Å². The van der Waals surface area contributed by atoms with Crippen molar-refractivity contribution in [3.8, 4) is 11.3 Å². The quantitative estimate of drug-likeness (QED) is 0.797. The lowest BCUT2D eigenvalue weighted by Gasteiger charge is -2.16. The van der Waals surface area contributed by atoms with Crippen molar-refractivity contribution in [3.05, 3.63) is 27.8 Å². The molecular formula is C13H13ClF3N3OS. The molecule has 2 rings (SSSR count). The summed E-state index contributed by atoms with van der Waals surface area (Å²) in [6.45, 7) is 1.84. The number of hydrogen-bond acceptors (Lipinski definition) is 5. The fraction of sp³-hybridized carbons (Fsp3) is 0.385. The van der Waals surface area contributed by atoms with Crippen molar-refractivity contribution >= 4 is 28.6 Å². The normalized spacial score (nSPS) is 13.2. The van der Waals surface area contributed by atoms with Crippen LogP contribution < -0.4 is 5.32 Å². The third-order valence-corrected chi connectivity index (χ3v) is 3.95. The minimum atomic E-state index is -4.47. The highest BCUT2D eigenvalue weighted by Crippen LogP contribution is 2.36. The molecular weight excluding hydrogens is 339 g/mol. The van der Waals surface area contributed by atoms with Crippen molar-refractivity contribution < 1.29 is 18.3 Å². The third kappa shape index (κ3) is 4.08. The smallest absolute Gasteiger partial charge is 0.396 e. The number of hydrogen-bond donors (Lipinski definition) is 2. The van der Waals surface area contributed by atoms with Crippen LogP contribution in [0.4, 0.5) is 18.9 Å². The van der Waals surface area contributed by atoms with E-state index < -0.39 is 11.2 Å². The van der Waals surface area contributed by atoms with Gasteiger partial charge in [-0.3, -0.25) is 0 Å². The number of aliphatic hydroxyl groups is 1. The first-order valence-electron chi connectivity index (χ1n) is 6.37. The summed E-state index contributed by atoms with van der Waals surface area (Å²) in [5.74, 6) is 0. The van der Waals surface area contributed by atoms with Crippen molar-refractivity contribution in [1.29, 1.82) is 0 Å². The van der Waals surface area contributed by atoms with Crippen LogP contribution in [-0.2, 0) is 6.18 Å². The average Bonchev–Trinajstić information content (AvgIpc) is 2.88. The number of alkyl halides is 3. The number of nitrogens with zero attached hydrogens (tertiary/aromatic N) is 2. The lowest BCUT2D eigenvalue weighted by molar-refractivity contribution is -0.137. The standard InChI is InChI=1S/C13H13ClF3N3OS/c1-7(2-3-21)19-9-4-11(14)18-5-8(9)10-6-22-12(20-10)13(15,16)17/h4-7,21H,2-3H2,1H3,(H,18,19)/t7-/m0/s1. The number of thiazole rings is 1. The summed E-state index contributed by atoms with van der Waals surface area (Å²) in [6.07, 6.45) is -2.60. The predicted octanol–water partition coefficient (Wildman–Crippen LogP) is 4.06. The van der Waals surface area contributed by atoms with Gasteiger partial charge in [-0.05, 0) is 19.4 Å². The molecule has 4 nitrogen and oxygen atoms in total. The van der Waals surface area contributed by atoms with Gasteiger partial charge < -0.3 is 10.4 Å². The minimum absolute atomic E-state index is 0.00274. The van der Waals surface area contributed by atoms with E-state index in [0.717, 1.165) is 0 Å². The second-order valence-corrected chi connectivity index (χ2v) is 5.89. The van der Waals surface area contributed by atoms with Crippen molar-refractivity contribution in [1.82, 2.24) is 9.97 Å². The third-order valence-electron chi connectivity index (χ3n) is 2.86. The summed E-state index contributed by atoms with van der Waals surface area (Å²) in [7, 11) is 0. The first-order valence-corrected chi connectivity index (χ1v) is 7.63. The van der Waals surface area contributed by atoms with Crippen LogP contribution >= 0.6 is 22.9 Å². The summed E-state index contributed by atoms with van der Waals surface area (Å²) in [4.78, 5) is 7.52. The Morgan fingerprint density at radius 2 is 2.18 bits per heavy atom. The highest BCUT2D eigenvalue weighted by Gasteiger charge is 2.34. The molecule has 1 atom stereocenters. The van der Waals surface area contributed by atoms with Crippen molar-refractivity contribution in [2.75, 3.05) is 11.9 Å². The molecule has 0 radical (unpaired) electrons. The molecule has 0 aliphatic heterocycles. The van der Waals surface area contributed by atoms with Crippen LogP contribution in [0.5, 0.6) is 0 Å². The summed E-state index contributed by atoms with van der Waals surface area (Å²) in [5.41, 5.74) is 1.14. The molecule has 0 saturated heterocycles. The fourth-order valence-electron chi connectivity index (χ4n) is 1.81. The van der Waals surface area contributed by atoms with Gasteiger partial charge in [-0.1, -0.05) is 11.6 Å². The van der Waals surface area contributed by atoms with Crippen LogP contribution in [0.15, 0.2) is 17.6 Å². The van der Waals surface area contributed by atoms with Gasteiger partial charge in [-0.2, -0.15) is 13.2 Å². The molecule has 0 aromatic carbocycles. The lowest BCUT2D eigenvalue weighted by atomic mass is 10.1.